The van der Waals surface area contributed by atoms with Gasteiger partial charge in [-0.3, -0.25) is 19.5 Å². The normalized spacial score (nSPS) is 17.8. The number of carbonyl (C=O) groups is 2. The molecule has 1 fully saturated rings. The maximum absolute atomic E-state index is 14.0. The molecule has 5 rings (SSSR count). The molecule has 10 heteroatoms. The van der Waals surface area contributed by atoms with Crippen LogP contribution in [0.1, 0.15) is 17.3 Å². The molecule has 1 saturated heterocycles. The number of Topliss-reactive ketones (excluding diaryl/α,β-unsaturated/α-hetero) is 1. The second-order valence-corrected chi connectivity index (χ2v) is 9.49. The lowest BCUT2D eigenvalue weighted by molar-refractivity contribution is -0.132. The highest BCUT2D eigenvalue weighted by atomic mass is 79.9. The third-order valence-electron chi connectivity index (χ3n) is 5.16. The Bertz CT molecular complexity index is 1420. The highest BCUT2D eigenvalue weighted by molar-refractivity contribution is 9.10. The van der Waals surface area contributed by atoms with E-state index in [-0.39, 0.29) is 21.5 Å². The van der Waals surface area contributed by atoms with E-state index in [1.165, 1.54) is 23.2 Å². The third kappa shape index (κ3) is 3.72. The molecule has 0 aliphatic carbocycles. The highest BCUT2D eigenvalue weighted by Gasteiger charge is 2.48. The minimum absolute atomic E-state index is 0.0991. The van der Waals surface area contributed by atoms with Crippen molar-refractivity contribution in [3.63, 3.8) is 0 Å². The van der Waals surface area contributed by atoms with Crippen LogP contribution in [0.25, 0.3) is 16.0 Å². The zero-order chi connectivity index (χ0) is 23.3. The first-order valence-electron chi connectivity index (χ1n) is 9.58. The number of ketones is 1. The first-order valence-corrected chi connectivity index (χ1v) is 11.6. The maximum atomic E-state index is 14.0. The smallest absolute Gasteiger partial charge is 0.301 e. The Balaban J connectivity index is 1.72. The Morgan fingerprint density at radius 1 is 1.15 bits per heavy atom. The first kappa shape index (κ1) is 21.7. The predicted molar refractivity (Wildman–Crippen MR) is 128 cm³/mol. The lowest BCUT2D eigenvalue weighted by atomic mass is 9.98. The number of amides is 1. The van der Waals surface area contributed by atoms with Crippen molar-refractivity contribution in [2.24, 2.45) is 0 Å². The lowest BCUT2D eigenvalue weighted by Crippen LogP contribution is -2.29. The molecule has 164 valence electrons. The summed E-state index contributed by atoms with van der Waals surface area (Å²) in [5, 5.41) is 11.1. The largest absolute Gasteiger partial charge is 0.507 e. The van der Waals surface area contributed by atoms with Crippen LogP contribution in [0.5, 0.6) is 0 Å². The number of rotatable bonds is 3. The van der Waals surface area contributed by atoms with Crippen molar-refractivity contribution in [1.29, 1.82) is 0 Å². The molecule has 1 aliphatic rings. The molecule has 0 bridgehead atoms. The fourth-order valence-corrected chi connectivity index (χ4v) is 5.05. The van der Waals surface area contributed by atoms with Crippen molar-refractivity contribution < 1.29 is 19.1 Å². The number of carbonyl (C=O) groups excluding carboxylic acids is 2. The summed E-state index contributed by atoms with van der Waals surface area (Å²) in [5.74, 6) is -2.67. The van der Waals surface area contributed by atoms with Crippen molar-refractivity contribution in [1.82, 2.24) is 9.97 Å². The number of aliphatic hydroxyl groups is 1. The van der Waals surface area contributed by atoms with E-state index in [9.17, 15) is 19.1 Å². The molecule has 3 heterocycles. The summed E-state index contributed by atoms with van der Waals surface area (Å²) >= 11 is 10.3. The van der Waals surface area contributed by atoms with Crippen LogP contribution < -0.4 is 4.90 Å². The average Bonchev–Trinajstić information content (AvgIpc) is 3.32. The van der Waals surface area contributed by atoms with Crippen LogP contribution in [-0.2, 0) is 9.59 Å². The summed E-state index contributed by atoms with van der Waals surface area (Å²) in [5.41, 5.74) is 1.02. The number of benzene rings is 2. The van der Waals surface area contributed by atoms with Crippen molar-refractivity contribution in [2.75, 3.05) is 4.90 Å². The molecule has 4 aromatic rings. The number of thiazole rings is 1. The Labute approximate surface area is 204 Å². The standard InChI is InChI=1S/C23H12BrClFN3O3S/c24-12-6-4-11(5-7-12)20(30)18-19(15-3-1-2-8-27-15)29(22(32)21(18)31)23-28-16-9-13(25)14(26)10-17(16)33-23/h1-10,19,30H/b20-18+. The lowest BCUT2D eigenvalue weighted by Gasteiger charge is -2.21. The van der Waals surface area contributed by atoms with Crippen LogP contribution in [0, 0.1) is 5.82 Å². The number of aliphatic hydroxyl groups excluding tert-OH is 1. The second kappa shape index (κ2) is 8.33. The molecule has 1 aliphatic heterocycles. The Kier molecular flexibility index (Phi) is 5.48. The fraction of sp³-hybridized carbons (Fsp3) is 0.0435. The Hall–Kier alpha value is -3.14. The van der Waals surface area contributed by atoms with Gasteiger partial charge in [-0.25, -0.2) is 9.37 Å². The SMILES string of the molecule is O=C1C(=O)N(c2nc3cc(Cl)c(F)cc3s2)C(c2ccccn2)/C1=C(\O)c1ccc(Br)cc1. The van der Waals surface area contributed by atoms with Gasteiger partial charge in [0.25, 0.3) is 5.78 Å². The second-order valence-electron chi connectivity index (χ2n) is 7.16. The number of pyridine rings is 1. The molecule has 1 unspecified atom stereocenters. The number of aromatic nitrogens is 2. The summed E-state index contributed by atoms with van der Waals surface area (Å²) < 4.78 is 15.2. The summed E-state index contributed by atoms with van der Waals surface area (Å²) in [6.07, 6.45) is 1.53. The zero-order valence-corrected chi connectivity index (χ0v) is 19.7. The summed E-state index contributed by atoms with van der Waals surface area (Å²) in [6.45, 7) is 0. The molecule has 0 saturated carbocycles. The molecular formula is C23H12BrClFN3O3S. The van der Waals surface area contributed by atoms with E-state index >= 15 is 0 Å². The molecular weight excluding hydrogens is 533 g/mol. The van der Waals surface area contributed by atoms with E-state index in [2.05, 4.69) is 25.9 Å². The van der Waals surface area contributed by atoms with Gasteiger partial charge in [-0.2, -0.15) is 0 Å². The number of hydrogen-bond donors (Lipinski definition) is 1. The van der Waals surface area contributed by atoms with E-state index in [0.29, 0.717) is 21.5 Å². The molecule has 1 N–H and O–H groups in total. The number of hydrogen-bond acceptors (Lipinski definition) is 6. The number of nitrogens with zero attached hydrogens (tertiary/aromatic N) is 3. The fourth-order valence-electron chi connectivity index (χ4n) is 3.63. The van der Waals surface area contributed by atoms with Crippen LogP contribution in [0.4, 0.5) is 9.52 Å². The van der Waals surface area contributed by atoms with Gasteiger partial charge in [0.2, 0.25) is 0 Å². The van der Waals surface area contributed by atoms with Crippen molar-refractivity contribution in [3.8, 4) is 0 Å². The maximum Gasteiger partial charge on any atom is 0.301 e. The van der Waals surface area contributed by atoms with Crippen molar-refractivity contribution >= 4 is 71.7 Å². The van der Waals surface area contributed by atoms with Gasteiger partial charge in [-0.05, 0) is 36.4 Å². The number of fused-ring (bicyclic) bond motifs is 1. The van der Waals surface area contributed by atoms with Gasteiger partial charge in [0, 0.05) is 16.2 Å². The number of anilines is 1. The van der Waals surface area contributed by atoms with Gasteiger partial charge < -0.3 is 5.11 Å². The summed E-state index contributed by atoms with van der Waals surface area (Å²) in [6, 6.07) is 13.3. The Morgan fingerprint density at radius 3 is 2.61 bits per heavy atom. The molecule has 0 radical (unpaired) electrons. The van der Waals surface area contributed by atoms with Crippen LogP contribution in [-0.4, -0.2) is 26.8 Å². The molecule has 0 spiro atoms. The van der Waals surface area contributed by atoms with E-state index in [1.807, 2.05) is 0 Å². The van der Waals surface area contributed by atoms with Gasteiger partial charge in [0.15, 0.2) is 5.13 Å². The van der Waals surface area contributed by atoms with E-state index in [1.54, 1.807) is 42.5 Å². The van der Waals surface area contributed by atoms with Crippen LogP contribution in [0.2, 0.25) is 5.02 Å². The zero-order valence-electron chi connectivity index (χ0n) is 16.5. The molecule has 2 aromatic carbocycles. The number of halogens is 3. The molecule has 1 atom stereocenters. The Morgan fingerprint density at radius 2 is 1.91 bits per heavy atom. The molecule has 33 heavy (non-hydrogen) atoms. The van der Waals surface area contributed by atoms with Gasteiger partial charge in [-0.1, -0.05) is 57.1 Å². The van der Waals surface area contributed by atoms with E-state index < -0.39 is 23.5 Å². The monoisotopic (exact) mass is 543 g/mol. The molecule has 6 nitrogen and oxygen atoms in total. The van der Waals surface area contributed by atoms with Gasteiger partial charge in [-0.15, -0.1) is 0 Å². The van der Waals surface area contributed by atoms with E-state index in [4.69, 9.17) is 11.6 Å². The third-order valence-corrected chi connectivity index (χ3v) is 6.99. The summed E-state index contributed by atoms with van der Waals surface area (Å²) in [4.78, 5) is 36.2. The van der Waals surface area contributed by atoms with Crippen LogP contribution in [0.15, 0.2) is 70.8 Å². The van der Waals surface area contributed by atoms with Crippen molar-refractivity contribution in [3.05, 3.63) is 92.9 Å². The van der Waals surface area contributed by atoms with Crippen LogP contribution in [0.3, 0.4) is 0 Å². The highest BCUT2D eigenvalue weighted by Crippen LogP contribution is 2.44. The van der Waals surface area contributed by atoms with Crippen molar-refractivity contribution in [2.45, 2.75) is 6.04 Å². The molecule has 2 aromatic heterocycles. The predicted octanol–water partition coefficient (Wildman–Crippen LogP) is 5.87. The van der Waals surface area contributed by atoms with Crippen LogP contribution >= 0.6 is 38.9 Å². The quantitative estimate of drug-likeness (QED) is 0.198. The minimum Gasteiger partial charge on any atom is -0.507 e. The molecule has 1 amide bonds. The van der Waals surface area contributed by atoms with E-state index in [0.717, 1.165) is 15.8 Å². The van der Waals surface area contributed by atoms with Gasteiger partial charge in [0.1, 0.15) is 17.6 Å². The average molecular weight is 545 g/mol. The first-order chi connectivity index (χ1) is 15.8. The summed E-state index contributed by atoms with van der Waals surface area (Å²) in [7, 11) is 0. The van der Waals surface area contributed by atoms with Gasteiger partial charge in [0.05, 0.1) is 26.5 Å². The topological polar surface area (TPSA) is 83.4 Å². The minimum atomic E-state index is -1.02. The van der Waals surface area contributed by atoms with Gasteiger partial charge >= 0.3 is 5.91 Å².